The third kappa shape index (κ3) is 4.03. The van der Waals surface area contributed by atoms with Crippen LogP contribution in [0, 0.1) is 22.5 Å². The van der Waals surface area contributed by atoms with Gasteiger partial charge >= 0.3 is 5.82 Å². The largest absolute Gasteiger partial charge is 0.390 e. The van der Waals surface area contributed by atoms with Crippen LogP contribution < -0.4 is 0 Å². The normalized spacial score (nSPS) is 11.8. The minimum Gasteiger partial charge on any atom is -0.358 e. The molecule has 1 rings (SSSR count). The Morgan fingerprint density at radius 3 is 2.37 bits per heavy atom. The molecule has 1 aromatic heterocycles. The van der Waals surface area contributed by atoms with Crippen molar-refractivity contribution >= 4 is 21.7 Å². The average molecular weight is 332 g/mol. The number of aromatic nitrogens is 2. The first-order valence-corrected chi connectivity index (χ1v) is 7.85. The number of hydrogen-bond acceptors (Lipinski definition) is 3. The summed E-state index contributed by atoms with van der Waals surface area (Å²) in [5, 5.41) is 15.8. The SMILES string of the molecule is CCCC(CBr)(CCC)Cn1nc([N+](=O)[O-])cc1C. The quantitative estimate of drug-likeness (QED) is 0.409. The molecule has 0 aromatic carbocycles. The van der Waals surface area contributed by atoms with Gasteiger partial charge in [0.1, 0.15) is 0 Å². The van der Waals surface area contributed by atoms with Crippen LogP contribution in [0.2, 0.25) is 0 Å². The standard InChI is InChI=1S/C13H22BrN3O2/c1-4-6-13(9-14,7-5-2)10-16-11(3)8-12(15-16)17(18)19/h8H,4-7,9-10H2,1-3H3. The molecule has 0 radical (unpaired) electrons. The van der Waals surface area contributed by atoms with E-state index in [1.54, 1.807) is 4.68 Å². The first-order chi connectivity index (χ1) is 8.98. The molecule has 1 heterocycles. The summed E-state index contributed by atoms with van der Waals surface area (Å²) in [5.74, 6) is -0.0611. The summed E-state index contributed by atoms with van der Waals surface area (Å²) in [6.45, 7) is 6.95. The van der Waals surface area contributed by atoms with Crippen molar-refractivity contribution in [3.05, 3.63) is 21.9 Å². The van der Waals surface area contributed by atoms with Crippen molar-refractivity contribution in [3.8, 4) is 0 Å². The molecule has 108 valence electrons. The lowest BCUT2D eigenvalue weighted by atomic mass is 9.81. The summed E-state index contributed by atoms with van der Waals surface area (Å²) in [6, 6.07) is 1.54. The van der Waals surface area contributed by atoms with Crippen molar-refractivity contribution in [2.45, 2.75) is 53.0 Å². The van der Waals surface area contributed by atoms with Gasteiger partial charge in [0.2, 0.25) is 0 Å². The number of alkyl halides is 1. The van der Waals surface area contributed by atoms with Gasteiger partial charge in [-0.3, -0.25) is 0 Å². The highest BCUT2D eigenvalue weighted by atomic mass is 79.9. The molecule has 0 N–H and O–H groups in total. The highest BCUT2D eigenvalue weighted by Crippen LogP contribution is 2.34. The van der Waals surface area contributed by atoms with Gasteiger partial charge in [0.05, 0.1) is 23.4 Å². The smallest absolute Gasteiger partial charge is 0.358 e. The number of hydrogen-bond donors (Lipinski definition) is 0. The Hall–Kier alpha value is -0.910. The van der Waals surface area contributed by atoms with Gasteiger partial charge in [-0.15, -0.1) is 0 Å². The number of halogens is 1. The maximum atomic E-state index is 10.8. The van der Waals surface area contributed by atoms with Crippen molar-refractivity contribution in [1.29, 1.82) is 0 Å². The Morgan fingerprint density at radius 1 is 1.42 bits per heavy atom. The van der Waals surface area contributed by atoms with Gasteiger partial charge in [-0.25, -0.2) is 0 Å². The number of nitrogens with zero attached hydrogens (tertiary/aromatic N) is 3. The monoisotopic (exact) mass is 331 g/mol. The molecule has 0 saturated carbocycles. The average Bonchev–Trinajstić information content (AvgIpc) is 2.71. The lowest BCUT2D eigenvalue weighted by Gasteiger charge is -2.30. The first kappa shape index (κ1) is 16.1. The summed E-state index contributed by atoms with van der Waals surface area (Å²) in [6.07, 6.45) is 4.40. The van der Waals surface area contributed by atoms with Crippen LogP contribution in [0.3, 0.4) is 0 Å². The third-order valence-electron chi connectivity index (χ3n) is 3.48. The van der Waals surface area contributed by atoms with Gasteiger partial charge in [0.15, 0.2) is 0 Å². The molecular formula is C13H22BrN3O2. The second-order valence-electron chi connectivity index (χ2n) is 5.19. The Balaban J connectivity index is 2.98. The molecule has 0 aliphatic rings. The summed E-state index contributed by atoms with van der Waals surface area (Å²) in [7, 11) is 0. The maximum Gasteiger partial charge on any atom is 0.390 e. The lowest BCUT2D eigenvalue weighted by molar-refractivity contribution is -0.389. The second kappa shape index (κ2) is 7.03. The zero-order valence-electron chi connectivity index (χ0n) is 11.9. The minimum absolute atomic E-state index is 0.0611. The molecule has 1 aromatic rings. The van der Waals surface area contributed by atoms with Crippen LogP contribution in [0.5, 0.6) is 0 Å². The topological polar surface area (TPSA) is 61.0 Å². The number of aryl methyl sites for hydroxylation is 1. The zero-order chi connectivity index (χ0) is 14.5. The van der Waals surface area contributed by atoms with Crippen LogP contribution in [0.1, 0.15) is 45.2 Å². The molecule has 0 amide bonds. The fourth-order valence-electron chi connectivity index (χ4n) is 2.58. The van der Waals surface area contributed by atoms with E-state index in [9.17, 15) is 10.1 Å². The van der Waals surface area contributed by atoms with E-state index in [0.29, 0.717) is 0 Å². The molecule has 19 heavy (non-hydrogen) atoms. The van der Waals surface area contributed by atoms with Crippen LogP contribution in [-0.2, 0) is 6.54 Å². The summed E-state index contributed by atoms with van der Waals surface area (Å²) < 4.78 is 1.78. The Morgan fingerprint density at radius 2 is 2.00 bits per heavy atom. The van der Waals surface area contributed by atoms with Crippen LogP contribution in [0.4, 0.5) is 5.82 Å². The zero-order valence-corrected chi connectivity index (χ0v) is 13.4. The molecule has 0 saturated heterocycles. The number of nitro groups is 1. The molecule has 0 spiro atoms. The Labute approximate surface area is 122 Å². The predicted molar refractivity (Wildman–Crippen MR) is 79.7 cm³/mol. The minimum atomic E-state index is -0.432. The van der Waals surface area contributed by atoms with E-state index in [0.717, 1.165) is 43.3 Å². The molecule has 0 atom stereocenters. The van der Waals surface area contributed by atoms with Crippen molar-refractivity contribution in [1.82, 2.24) is 9.78 Å². The molecular weight excluding hydrogens is 310 g/mol. The second-order valence-corrected chi connectivity index (χ2v) is 5.75. The Kier molecular flexibility index (Phi) is 5.97. The van der Waals surface area contributed by atoms with Crippen LogP contribution >= 0.6 is 15.9 Å². The fourth-order valence-corrected chi connectivity index (χ4v) is 3.32. The summed E-state index contributed by atoms with van der Waals surface area (Å²) in [5.41, 5.74) is 0.984. The van der Waals surface area contributed by atoms with E-state index in [2.05, 4.69) is 34.9 Å². The number of rotatable bonds is 8. The van der Waals surface area contributed by atoms with Gasteiger partial charge in [0, 0.05) is 10.7 Å². The lowest BCUT2D eigenvalue weighted by Crippen LogP contribution is -2.29. The van der Waals surface area contributed by atoms with Gasteiger partial charge < -0.3 is 10.1 Å². The summed E-state index contributed by atoms with van der Waals surface area (Å²) >= 11 is 3.62. The highest BCUT2D eigenvalue weighted by molar-refractivity contribution is 9.09. The van der Waals surface area contributed by atoms with Gasteiger partial charge in [-0.2, -0.15) is 4.68 Å². The Bertz CT molecular complexity index is 426. The maximum absolute atomic E-state index is 10.8. The van der Waals surface area contributed by atoms with Gasteiger partial charge in [-0.1, -0.05) is 42.6 Å². The van der Waals surface area contributed by atoms with Crippen LogP contribution in [-0.4, -0.2) is 20.0 Å². The van der Waals surface area contributed by atoms with Crippen molar-refractivity contribution in [2.75, 3.05) is 5.33 Å². The van der Waals surface area contributed by atoms with E-state index >= 15 is 0 Å². The molecule has 0 aliphatic heterocycles. The van der Waals surface area contributed by atoms with Crippen molar-refractivity contribution in [2.24, 2.45) is 5.41 Å². The first-order valence-electron chi connectivity index (χ1n) is 6.73. The summed E-state index contributed by atoms with van der Waals surface area (Å²) in [4.78, 5) is 10.3. The van der Waals surface area contributed by atoms with Crippen molar-refractivity contribution < 1.29 is 4.92 Å². The van der Waals surface area contributed by atoms with E-state index in [-0.39, 0.29) is 11.2 Å². The van der Waals surface area contributed by atoms with Crippen LogP contribution in [0.25, 0.3) is 0 Å². The van der Waals surface area contributed by atoms with Crippen molar-refractivity contribution in [3.63, 3.8) is 0 Å². The van der Waals surface area contributed by atoms with E-state index in [4.69, 9.17) is 0 Å². The van der Waals surface area contributed by atoms with E-state index < -0.39 is 4.92 Å². The van der Waals surface area contributed by atoms with Gasteiger partial charge in [-0.05, 0) is 24.7 Å². The molecule has 6 heteroatoms. The molecule has 5 nitrogen and oxygen atoms in total. The molecule has 0 unspecified atom stereocenters. The fraction of sp³-hybridized carbons (Fsp3) is 0.769. The van der Waals surface area contributed by atoms with E-state index in [1.165, 1.54) is 6.07 Å². The highest BCUT2D eigenvalue weighted by Gasteiger charge is 2.30. The van der Waals surface area contributed by atoms with E-state index in [1.807, 2.05) is 6.92 Å². The van der Waals surface area contributed by atoms with Crippen LogP contribution in [0.15, 0.2) is 6.07 Å². The van der Waals surface area contributed by atoms with Gasteiger partial charge in [0.25, 0.3) is 0 Å². The molecule has 0 bridgehead atoms. The predicted octanol–water partition coefficient (Wildman–Crippen LogP) is 4.08. The molecule has 0 aliphatic carbocycles. The third-order valence-corrected chi connectivity index (χ3v) is 4.67. The molecule has 0 fully saturated rings.